The molecule has 1 heterocycles. The number of rotatable bonds is 8. The van der Waals surface area contributed by atoms with E-state index in [2.05, 4.69) is 26.6 Å². The van der Waals surface area contributed by atoms with Gasteiger partial charge in [0, 0.05) is 12.8 Å². The molecule has 14 nitrogen and oxygen atoms in total. The van der Waals surface area contributed by atoms with Gasteiger partial charge in [0.15, 0.2) is 0 Å². The molecule has 1 unspecified atom stereocenters. The fraction of sp³-hybridized carbons (Fsp3) is 0.708. The van der Waals surface area contributed by atoms with Crippen LogP contribution < -0.4 is 32.3 Å². The highest BCUT2D eigenvalue weighted by atomic mass is 16.4. The summed E-state index contributed by atoms with van der Waals surface area (Å²) in [5.41, 5.74) is 5.19. The Kier molecular flexibility index (Phi) is 14.8. The number of carbonyl (C=O) groups is 7. The van der Waals surface area contributed by atoms with Crippen LogP contribution in [0.5, 0.6) is 0 Å². The minimum absolute atomic E-state index is 0.0312. The number of primary amides is 1. The molecule has 0 radical (unpaired) electrons. The molecule has 38 heavy (non-hydrogen) atoms. The van der Waals surface area contributed by atoms with Gasteiger partial charge in [-0.05, 0) is 51.1 Å². The number of nitrogens with one attached hydrogen (secondary N) is 5. The topological polar surface area (TPSA) is 226 Å². The van der Waals surface area contributed by atoms with Crippen LogP contribution in [0.1, 0.15) is 58.8 Å². The monoisotopic (exact) mass is 540 g/mol. The lowest BCUT2D eigenvalue weighted by molar-refractivity contribution is -0.139. The van der Waals surface area contributed by atoms with E-state index in [0.717, 1.165) is 0 Å². The van der Waals surface area contributed by atoms with E-state index in [1.54, 1.807) is 0 Å². The molecule has 0 aromatic carbocycles. The maximum atomic E-state index is 13.0. The average molecular weight is 541 g/mol. The Balaban J connectivity index is 3.11. The van der Waals surface area contributed by atoms with Crippen molar-refractivity contribution in [3.05, 3.63) is 0 Å². The fourth-order valence-corrected chi connectivity index (χ4v) is 3.79. The quantitative estimate of drug-likeness (QED) is 0.163. The lowest BCUT2D eigenvalue weighted by Crippen LogP contribution is -2.55. The Morgan fingerprint density at radius 3 is 2.18 bits per heavy atom. The number of amides is 4. The molecule has 1 fully saturated rings. The van der Waals surface area contributed by atoms with E-state index in [1.807, 2.05) is 13.8 Å². The van der Waals surface area contributed by atoms with E-state index in [9.17, 15) is 33.6 Å². The molecule has 1 rings (SSSR count). The van der Waals surface area contributed by atoms with E-state index in [4.69, 9.17) is 10.8 Å². The smallest absolute Gasteiger partial charge is 0.303 e. The van der Waals surface area contributed by atoms with Crippen LogP contribution in [-0.2, 0) is 33.6 Å². The molecule has 1 aliphatic heterocycles. The molecule has 8 N–H and O–H groups in total. The number of hydrogen-bond donors (Lipinski definition) is 7. The van der Waals surface area contributed by atoms with Crippen LogP contribution in [0.4, 0.5) is 0 Å². The number of carboxylic acids is 1. The minimum atomic E-state index is -1.26. The summed E-state index contributed by atoms with van der Waals surface area (Å²) in [6.07, 6.45) is 0.647. The van der Waals surface area contributed by atoms with E-state index >= 15 is 0 Å². The Bertz CT molecular complexity index is 878. The van der Waals surface area contributed by atoms with E-state index in [1.165, 1.54) is 0 Å². The molecule has 0 aliphatic carbocycles. The summed E-state index contributed by atoms with van der Waals surface area (Å²) >= 11 is 0. The summed E-state index contributed by atoms with van der Waals surface area (Å²) in [6, 6.07) is -3.25. The van der Waals surface area contributed by atoms with E-state index in [-0.39, 0.29) is 44.6 Å². The van der Waals surface area contributed by atoms with Gasteiger partial charge in [-0.25, -0.2) is 0 Å². The van der Waals surface area contributed by atoms with Crippen molar-refractivity contribution in [2.75, 3.05) is 26.2 Å². The standard InChI is InChI=1S/C24H40N6O8/c1-14(2)11-17-24(38)30-16(5-7-19(25)32)23(37)28-12-18(31)22(36)15(6-8-21(34)35)27-10-4-3-9-26-13-20(33)29-17/h14-17,26-27H,3-13H2,1-2H3,(H2,25,32)(H,28,37)(H,29,33)(H,30,38)(H,34,35)/t15-,16?,17-/m0/s1. The first kappa shape index (κ1) is 32.6. The van der Waals surface area contributed by atoms with Crippen LogP contribution in [-0.4, -0.2) is 90.6 Å². The van der Waals surface area contributed by atoms with Crippen LogP contribution in [0.15, 0.2) is 0 Å². The lowest BCUT2D eigenvalue weighted by Gasteiger charge is -2.24. The van der Waals surface area contributed by atoms with Crippen molar-refractivity contribution in [3.63, 3.8) is 0 Å². The second kappa shape index (κ2) is 17.2. The summed E-state index contributed by atoms with van der Waals surface area (Å²) in [6.45, 7) is 3.80. The van der Waals surface area contributed by atoms with Gasteiger partial charge in [-0.15, -0.1) is 0 Å². The fourth-order valence-electron chi connectivity index (χ4n) is 3.79. The maximum absolute atomic E-state index is 13.0. The zero-order valence-electron chi connectivity index (χ0n) is 22.0. The lowest BCUT2D eigenvalue weighted by atomic mass is 10.0. The number of carboxylic acid groups (broad SMARTS) is 1. The van der Waals surface area contributed by atoms with E-state index in [0.29, 0.717) is 25.9 Å². The number of ketones is 2. The summed E-state index contributed by atoms with van der Waals surface area (Å²) in [7, 11) is 0. The molecular formula is C24H40N6O8. The summed E-state index contributed by atoms with van der Waals surface area (Å²) in [5.74, 6) is -5.48. The van der Waals surface area contributed by atoms with Gasteiger partial charge in [-0.2, -0.15) is 0 Å². The number of carbonyl (C=O) groups excluding carboxylic acids is 6. The average Bonchev–Trinajstić information content (AvgIpc) is 2.83. The van der Waals surface area contributed by atoms with Crippen molar-refractivity contribution in [1.29, 1.82) is 0 Å². The predicted molar refractivity (Wildman–Crippen MR) is 136 cm³/mol. The molecule has 0 bridgehead atoms. The van der Waals surface area contributed by atoms with Gasteiger partial charge in [0.05, 0.1) is 19.1 Å². The maximum Gasteiger partial charge on any atom is 0.303 e. The highest BCUT2D eigenvalue weighted by molar-refractivity contribution is 6.40. The second-order valence-corrected chi connectivity index (χ2v) is 9.64. The normalized spacial score (nSPS) is 23.4. The van der Waals surface area contributed by atoms with Crippen molar-refractivity contribution in [2.24, 2.45) is 11.7 Å². The van der Waals surface area contributed by atoms with Crippen molar-refractivity contribution in [3.8, 4) is 0 Å². The third kappa shape index (κ3) is 13.2. The van der Waals surface area contributed by atoms with Crippen LogP contribution >= 0.6 is 0 Å². The first-order valence-corrected chi connectivity index (χ1v) is 12.8. The number of aliphatic carboxylic acids is 1. The van der Waals surface area contributed by atoms with Crippen molar-refractivity contribution in [2.45, 2.75) is 76.9 Å². The van der Waals surface area contributed by atoms with Crippen LogP contribution in [0.2, 0.25) is 0 Å². The minimum Gasteiger partial charge on any atom is -0.481 e. The molecule has 4 amide bonds. The highest BCUT2D eigenvalue weighted by Crippen LogP contribution is 2.07. The molecule has 1 aliphatic rings. The highest BCUT2D eigenvalue weighted by Gasteiger charge is 2.30. The van der Waals surface area contributed by atoms with E-state index < -0.39 is 65.8 Å². The first-order chi connectivity index (χ1) is 17.9. The molecule has 0 saturated carbocycles. The van der Waals surface area contributed by atoms with Gasteiger partial charge in [0.1, 0.15) is 12.1 Å². The SMILES string of the molecule is CC(C)C[C@@H]1NC(=O)CNCCCCN[C@@H](CCC(=O)O)C(=O)C(=O)CNC(=O)C(CCC(N)=O)NC1=O. The molecule has 1 saturated heterocycles. The van der Waals surface area contributed by atoms with Crippen LogP contribution in [0.3, 0.4) is 0 Å². The number of hydrogen-bond acceptors (Lipinski definition) is 9. The predicted octanol–water partition coefficient (Wildman–Crippen LogP) is -2.27. The van der Waals surface area contributed by atoms with Crippen molar-refractivity contribution >= 4 is 41.2 Å². The van der Waals surface area contributed by atoms with Gasteiger partial charge < -0.3 is 37.4 Å². The Hall–Kier alpha value is -3.39. The van der Waals surface area contributed by atoms with Gasteiger partial charge in [-0.3, -0.25) is 33.6 Å². The number of Topliss-reactive ketones (excluding diaryl/α,β-unsaturated/α-hetero) is 2. The van der Waals surface area contributed by atoms with Crippen molar-refractivity contribution < 1.29 is 38.7 Å². The zero-order valence-corrected chi connectivity index (χ0v) is 22.0. The zero-order chi connectivity index (χ0) is 28.7. The van der Waals surface area contributed by atoms with Gasteiger partial charge >= 0.3 is 5.97 Å². The molecule has 0 spiro atoms. The van der Waals surface area contributed by atoms with Crippen LogP contribution in [0.25, 0.3) is 0 Å². The summed E-state index contributed by atoms with van der Waals surface area (Å²) in [4.78, 5) is 85.8. The second-order valence-electron chi connectivity index (χ2n) is 9.64. The Morgan fingerprint density at radius 2 is 1.55 bits per heavy atom. The van der Waals surface area contributed by atoms with Crippen LogP contribution in [0, 0.1) is 5.92 Å². The van der Waals surface area contributed by atoms with Gasteiger partial charge in [0.2, 0.25) is 35.2 Å². The van der Waals surface area contributed by atoms with Crippen molar-refractivity contribution in [1.82, 2.24) is 26.6 Å². The molecule has 14 heteroatoms. The molecular weight excluding hydrogens is 500 g/mol. The van der Waals surface area contributed by atoms with Gasteiger partial charge in [-0.1, -0.05) is 13.8 Å². The number of nitrogens with two attached hydrogens (primary N) is 1. The first-order valence-electron chi connectivity index (χ1n) is 12.8. The molecule has 0 aromatic heterocycles. The third-order valence-electron chi connectivity index (χ3n) is 5.79. The Labute approximate surface area is 221 Å². The largest absolute Gasteiger partial charge is 0.481 e. The molecule has 0 aromatic rings. The summed E-state index contributed by atoms with van der Waals surface area (Å²) < 4.78 is 0. The summed E-state index contributed by atoms with van der Waals surface area (Å²) in [5, 5.41) is 22.3. The third-order valence-corrected chi connectivity index (χ3v) is 5.79. The molecule has 3 atom stereocenters. The Morgan fingerprint density at radius 1 is 0.895 bits per heavy atom. The molecule has 214 valence electrons. The van der Waals surface area contributed by atoms with Gasteiger partial charge in [0.25, 0.3) is 0 Å².